The molecule has 0 amide bonds. The summed E-state index contributed by atoms with van der Waals surface area (Å²) in [5, 5.41) is 0. The van der Waals surface area contributed by atoms with Gasteiger partial charge < -0.3 is 5.73 Å². The average molecular weight is 238 g/mol. The molecule has 2 nitrogen and oxygen atoms in total. The van der Waals surface area contributed by atoms with Crippen molar-refractivity contribution in [2.24, 2.45) is 17.6 Å². The lowest BCUT2D eigenvalue weighted by atomic mass is 9.72. The van der Waals surface area contributed by atoms with Crippen LogP contribution >= 0.6 is 0 Å². The first-order valence-corrected chi connectivity index (χ1v) is 7.60. The molecule has 2 rings (SSSR count). The molecule has 2 aliphatic carbocycles. The van der Waals surface area contributed by atoms with Crippen molar-refractivity contribution in [2.75, 3.05) is 13.1 Å². The van der Waals surface area contributed by atoms with E-state index in [-0.39, 0.29) is 0 Å². The molecular formula is C15H30N2. The van der Waals surface area contributed by atoms with E-state index in [1.807, 2.05) is 0 Å². The lowest BCUT2D eigenvalue weighted by molar-refractivity contribution is 0.0322. The van der Waals surface area contributed by atoms with Gasteiger partial charge in [0.25, 0.3) is 0 Å². The summed E-state index contributed by atoms with van der Waals surface area (Å²) in [6, 6.07) is 0.860. The second-order valence-electron chi connectivity index (χ2n) is 6.53. The van der Waals surface area contributed by atoms with Gasteiger partial charge in [-0.2, -0.15) is 0 Å². The van der Waals surface area contributed by atoms with Gasteiger partial charge in [0.1, 0.15) is 0 Å². The van der Waals surface area contributed by atoms with Gasteiger partial charge in [0, 0.05) is 18.1 Å². The molecule has 2 saturated carbocycles. The van der Waals surface area contributed by atoms with Crippen LogP contribution in [0.15, 0.2) is 0 Å². The fourth-order valence-corrected chi connectivity index (χ4v) is 3.82. The summed E-state index contributed by atoms with van der Waals surface area (Å²) >= 11 is 0. The first-order chi connectivity index (χ1) is 8.13. The van der Waals surface area contributed by atoms with E-state index in [0.717, 1.165) is 24.4 Å². The minimum Gasteiger partial charge on any atom is -0.329 e. The first-order valence-electron chi connectivity index (χ1n) is 7.60. The van der Waals surface area contributed by atoms with Crippen LogP contribution in [0.2, 0.25) is 0 Å². The fourth-order valence-electron chi connectivity index (χ4n) is 3.82. The Balaban J connectivity index is 2.01. The lowest BCUT2D eigenvalue weighted by Crippen LogP contribution is -2.56. The summed E-state index contributed by atoms with van der Waals surface area (Å²) in [4.78, 5) is 2.74. The van der Waals surface area contributed by atoms with Gasteiger partial charge >= 0.3 is 0 Å². The summed E-state index contributed by atoms with van der Waals surface area (Å²) in [7, 11) is 0. The molecule has 0 spiro atoms. The quantitative estimate of drug-likeness (QED) is 0.798. The number of likely N-dealkylation sites (N-methyl/N-ethyl adjacent to an activating group) is 1. The Kier molecular flexibility index (Phi) is 4.14. The molecule has 0 aliphatic heterocycles. The van der Waals surface area contributed by atoms with E-state index in [9.17, 15) is 0 Å². The summed E-state index contributed by atoms with van der Waals surface area (Å²) in [5.74, 6) is 1.79. The van der Waals surface area contributed by atoms with Crippen molar-refractivity contribution in [2.45, 2.75) is 70.9 Å². The van der Waals surface area contributed by atoms with Crippen molar-refractivity contribution in [1.29, 1.82) is 0 Å². The topological polar surface area (TPSA) is 29.3 Å². The molecule has 17 heavy (non-hydrogen) atoms. The standard InChI is InChI=1S/C15H30N2/c1-4-17(14-5-6-14)15(11-16)9-7-13(8-10-15)12(2)3/h12-14H,4-11,16H2,1-3H3. The number of nitrogens with two attached hydrogens (primary N) is 1. The van der Waals surface area contributed by atoms with Gasteiger partial charge in [-0.25, -0.2) is 0 Å². The SMILES string of the molecule is CCN(C1CC1)C1(CN)CCC(C(C)C)CC1. The van der Waals surface area contributed by atoms with E-state index in [1.165, 1.54) is 45.1 Å². The third kappa shape index (κ3) is 2.68. The van der Waals surface area contributed by atoms with E-state index >= 15 is 0 Å². The number of rotatable bonds is 5. The van der Waals surface area contributed by atoms with Crippen molar-refractivity contribution in [3.8, 4) is 0 Å². The number of hydrogen-bond acceptors (Lipinski definition) is 2. The van der Waals surface area contributed by atoms with E-state index < -0.39 is 0 Å². The van der Waals surface area contributed by atoms with Crippen molar-refractivity contribution in [3.63, 3.8) is 0 Å². The predicted molar refractivity (Wildman–Crippen MR) is 74.0 cm³/mol. The van der Waals surface area contributed by atoms with Crippen LogP contribution in [0.1, 0.15) is 59.3 Å². The fraction of sp³-hybridized carbons (Fsp3) is 1.00. The van der Waals surface area contributed by atoms with Crippen LogP contribution in [0.4, 0.5) is 0 Å². The Morgan fingerprint density at radius 3 is 2.12 bits per heavy atom. The van der Waals surface area contributed by atoms with Crippen LogP contribution in [-0.4, -0.2) is 29.6 Å². The zero-order chi connectivity index (χ0) is 12.5. The van der Waals surface area contributed by atoms with E-state index in [2.05, 4.69) is 25.7 Å². The highest BCUT2D eigenvalue weighted by Crippen LogP contribution is 2.43. The van der Waals surface area contributed by atoms with Gasteiger partial charge in [0.15, 0.2) is 0 Å². The van der Waals surface area contributed by atoms with E-state index in [1.54, 1.807) is 0 Å². The van der Waals surface area contributed by atoms with Gasteiger partial charge in [-0.3, -0.25) is 4.90 Å². The molecular weight excluding hydrogens is 208 g/mol. The van der Waals surface area contributed by atoms with Crippen LogP contribution in [-0.2, 0) is 0 Å². The van der Waals surface area contributed by atoms with Crippen molar-refractivity contribution < 1.29 is 0 Å². The highest BCUT2D eigenvalue weighted by Gasteiger charge is 2.44. The summed E-state index contributed by atoms with van der Waals surface area (Å²) in [6.45, 7) is 9.11. The largest absolute Gasteiger partial charge is 0.329 e. The summed E-state index contributed by atoms with van der Waals surface area (Å²) < 4.78 is 0. The Morgan fingerprint density at radius 2 is 1.76 bits per heavy atom. The Bertz CT molecular complexity index is 237. The zero-order valence-electron chi connectivity index (χ0n) is 11.9. The van der Waals surface area contributed by atoms with E-state index in [0.29, 0.717) is 5.54 Å². The highest BCUT2D eigenvalue weighted by atomic mass is 15.3. The third-order valence-corrected chi connectivity index (χ3v) is 5.22. The molecule has 0 bridgehead atoms. The smallest absolute Gasteiger partial charge is 0.0334 e. The van der Waals surface area contributed by atoms with Gasteiger partial charge in [-0.05, 0) is 56.9 Å². The van der Waals surface area contributed by atoms with Crippen molar-refractivity contribution >= 4 is 0 Å². The molecule has 0 unspecified atom stereocenters. The molecule has 0 aromatic heterocycles. The second kappa shape index (κ2) is 5.27. The molecule has 0 saturated heterocycles. The molecule has 2 fully saturated rings. The maximum Gasteiger partial charge on any atom is 0.0334 e. The van der Waals surface area contributed by atoms with Crippen LogP contribution in [0.5, 0.6) is 0 Å². The molecule has 0 atom stereocenters. The van der Waals surface area contributed by atoms with Crippen LogP contribution in [0, 0.1) is 11.8 Å². The summed E-state index contributed by atoms with van der Waals surface area (Å²) in [6.07, 6.45) is 8.25. The maximum absolute atomic E-state index is 6.16. The molecule has 2 N–H and O–H groups in total. The molecule has 2 aliphatic rings. The summed E-state index contributed by atoms with van der Waals surface area (Å²) in [5.41, 5.74) is 6.51. The van der Waals surface area contributed by atoms with Crippen LogP contribution in [0.25, 0.3) is 0 Å². The van der Waals surface area contributed by atoms with Crippen molar-refractivity contribution in [1.82, 2.24) is 4.90 Å². The lowest BCUT2D eigenvalue weighted by Gasteiger charge is -2.48. The molecule has 0 aromatic rings. The van der Waals surface area contributed by atoms with Gasteiger partial charge in [-0.1, -0.05) is 20.8 Å². The minimum absolute atomic E-state index is 0.349. The molecule has 2 heteroatoms. The highest BCUT2D eigenvalue weighted by molar-refractivity contribution is 5.01. The predicted octanol–water partition coefficient (Wildman–Crippen LogP) is 3.01. The Labute approximate surface area is 107 Å². The minimum atomic E-state index is 0.349. The van der Waals surface area contributed by atoms with E-state index in [4.69, 9.17) is 5.73 Å². The van der Waals surface area contributed by atoms with Gasteiger partial charge in [0.2, 0.25) is 0 Å². The maximum atomic E-state index is 6.16. The second-order valence-corrected chi connectivity index (χ2v) is 6.53. The van der Waals surface area contributed by atoms with Gasteiger partial charge in [-0.15, -0.1) is 0 Å². The number of hydrogen-bond donors (Lipinski definition) is 1. The molecule has 0 radical (unpaired) electrons. The average Bonchev–Trinajstić information content (AvgIpc) is 3.15. The van der Waals surface area contributed by atoms with Crippen LogP contribution in [0.3, 0.4) is 0 Å². The van der Waals surface area contributed by atoms with Gasteiger partial charge in [0.05, 0.1) is 0 Å². The third-order valence-electron chi connectivity index (χ3n) is 5.22. The Hall–Kier alpha value is -0.0800. The zero-order valence-corrected chi connectivity index (χ0v) is 11.9. The Morgan fingerprint density at radius 1 is 1.18 bits per heavy atom. The monoisotopic (exact) mass is 238 g/mol. The molecule has 100 valence electrons. The number of nitrogens with zero attached hydrogens (tertiary/aromatic N) is 1. The first kappa shape index (κ1) is 13.4. The molecule has 0 aromatic carbocycles. The molecule has 0 heterocycles. The normalized spacial score (nSPS) is 34.6. The van der Waals surface area contributed by atoms with Crippen molar-refractivity contribution in [3.05, 3.63) is 0 Å². The van der Waals surface area contributed by atoms with Crippen LogP contribution < -0.4 is 5.73 Å².